The van der Waals surface area contributed by atoms with Crippen LogP contribution in [0.2, 0.25) is 0 Å². The van der Waals surface area contributed by atoms with E-state index in [-0.39, 0.29) is 6.03 Å². The zero-order valence-corrected chi connectivity index (χ0v) is 12.9. The van der Waals surface area contributed by atoms with Gasteiger partial charge in [0.2, 0.25) is 0 Å². The van der Waals surface area contributed by atoms with Gasteiger partial charge in [0, 0.05) is 13.1 Å². The summed E-state index contributed by atoms with van der Waals surface area (Å²) in [5.41, 5.74) is 0.713. The summed E-state index contributed by atoms with van der Waals surface area (Å²) in [5, 5.41) is 6.34. The number of para-hydroxylation sites is 2. The molecule has 1 aliphatic rings. The van der Waals surface area contributed by atoms with Crippen molar-refractivity contribution in [3.8, 4) is 5.75 Å². The van der Waals surface area contributed by atoms with Gasteiger partial charge < -0.3 is 20.3 Å². The third-order valence-corrected chi connectivity index (χ3v) is 3.90. The molecule has 0 radical (unpaired) electrons. The van der Waals surface area contributed by atoms with Gasteiger partial charge in [-0.2, -0.15) is 0 Å². The Bertz CT molecular complexity index is 459. The molecular weight excluding hydrogens is 266 g/mol. The lowest BCUT2D eigenvalue weighted by atomic mass is 9.99. The van der Waals surface area contributed by atoms with Crippen molar-refractivity contribution in [2.24, 2.45) is 5.92 Å². The SMILES string of the molecule is CCN(CC1CCCNC1)C(=O)Nc1ccccc1OC. The van der Waals surface area contributed by atoms with E-state index in [1.54, 1.807) is 7.11 Å². The number of carbonyl (C=O) groups excluding carboxylic acids is 1. The maximum absolute atomic E-state index is 12.4. The molecule has 0 bridgehead atoms. The Morgan fingerprint density at radius 3 is 2.95 bits per heavy atom. The lowest BCUT2D eigenvalue weighted by Gasteiger charge is -2.29. The highest BCUT2D eigenvalue weighted by molar-refractivity contribution is 5.90. The molecule has 1 aliphatic heterocycles. The smallest absolute Gasteiger partial charge is 0.321 e. The molecule has 2 N–H and O–H groups in total. The summed E-state index contributed by atoms with van der Waals surface area (Å²) in [6.07, 6.45) is 2.38. The fourth-order valence-electron chi connectivity index (χ4n) is 2.69. The van der Waals surface area contributed by atoms with Gasteiger partial charge in [-0.1, -0.05) is 12.1 Å². The van der Waals surface area contributed by atoms with E-state index in [1.807, 2.05) is 36.1 Å². The average molecular weight is 291 g/mol. The minimum absolute atomic E-state index is 0.0624. The number of ether oxygens (including phenoxy) is 1. The van der Waals surface area contributed by atoms with Crippen LogP contribution in [0.25, 0.3) is 0 Å². The Morgan fingerprint density at radius 1 is 1.48 bits per heavy atom. The van der Waals surface area contributed by atoms with Gasteiger partial charge in [0.25, 0.3) is 0 Å². The average Bonchev–Trinajstić information content (AvgIpc) is 2.54. The monoisotopic (exact) mass is 291 g/mol. The molecule has 1 aromatic carbocycles. The van der Waals surface area contributed by atoms with Crippen LogP contribution in [0.3, 0.4) is 0 Å². The molecule has 5 heteroatoms. The molecule has 0 spiro atoms. The number of methoxy groups -OCH3 is 1. The first kappa shape index (κ1) is 15.6. The quantitative estimate of drug-likeness (QED) is 0.876. The molecule has 0 aliphatic carbocycles. The molecule has 0 aromatic heterocycles. The topological polar surface area (TPSA) is 53.6 Å². The largest absolute Gasteiger partial charge is 0.495 e. The van der Waals surface area contributed by atoms with Crippen molar-refractivity contribution >= 4 is 11.7 Å². The summed E-state index contributed by atoms with van der Waals surface area (Å²) in [4.78, 5) is 14.3. The zero-order chi connectivity index (χ0) is 15.1. The Morgan fingerprint density at radius 2 is 2.29 bits per heavy atom. The fourth-order valence-corrected chi connectivity index (χ4v) is 2.69. The van der Waals surface area contributed by atoms with Crippen LogP contribution < -0.4 is 15.4 Å². The molecule has 1 fully saturated rings. The molecule has 2 amide bonds. The molecule has 116 valence electrons. The maximum Gasteiger partial charge on any atom is 0.321 e. The molecule has 0 saturated carbocycles. The zero-order valence-electron chi connectivity index (χ0n) is 12.9. The number of piperidine rings is 1. The molecule has 1 aromatic rings. The molecule has 21 heavy (non-hydrogen) atoms. The Hall–Kier alpha value is -1.75. The van der Waals surface area contributed by atoms with Gasteiger partial charge in [0.15, 0.2) is 0 Å². The molecule has 1 unspecified atom stereocenters. The van der Waals surface area contributed by atoms with Crippen molar-refractivity contribution in [3.05, 3.63) is 24.3 Å². The Balaban J connectivity index is 1.96. The summed E-state index contributed by atoms with van der Waals surface area (Å²) in [6.45, 7) is 5.61. The van der Waals surface area contributed by atoms with E-state index in [0.29, 0.717) is 23.9 Å². The number of nitrogens with one attached hydrogen (secondary N) is 2. The van der Waals surface area contributed by atoms with Crippen LogP contribution in [-0.2, 0) is 0 Å². The van der Waals surface area contributed by atoms with Crippen LogP contribution in [-0.4, -0.2) is 44.2 Å². The first-order valence-corrected chi connectivity index (χ1v) is 7.64. The first-order valence-electron chi connectivity index (χ1n) is 7.64. The molecule has 1 heterocycles. The number of anilines is 1. The number of urea groups is 1. The standard InChI is InChI=1S/C16H25N3O2/c1-3-19(12-13-7-6-10-17-11-13)16(20)18-14-8-4-5-9-15(14)21-2/h4-5,8-9,13,17H,3,6-7,10-12H2,1-2H3,(H,18,20). The van der Waals surface area contributed by atoms with Crippen LogP contribution in [0.4, 0.5) is 10.5 Å². The van der Waals surface area contributed by atoms with Crippen molar-refractivity contribution < 1.29 is 9.53 Å². The number of nitrogens with zero attached hydrogens (tertiary/aromatic N) is 1. The predicted molar refractivity (Wildman–Crippen MR) is 84.9 cm³/mol. The van der Waals surface area contributed by atoms with E-state index in [1.165, 1.54) is 12.8 Å². The van der Waals surface area contributed by atoms with Gasteiger partial charge in [-0.25, -0.2) is 4.79 Å². The van der Waals surface area contributed by atoms with E-state index in [2.05, 4.69) is 10.6 Å². The highest BCUT2D eigenvalue weighted by Crippen LogP contribution is 2.23. The lowest BCUT2D eigenvalue weighted by molar-refractivity contribution is 0.197. The van der Waals surface area contributed by atoms with Crippen molar-refractivity contribution in [3.63, 3.8) is 0 Å². The fraction of sp³-hybridized carbons (Fsp3) is 0.562. The molecule has 5 nitrogen and oxygen atoms in total. The van der Waals surface area contributed by atoms with Crippen LogP contribution in [0.5, 0.6) is 5.75 Å². The third kappa shape index (κ3) is 4.36. The van der Waals surface area contributed by atoms with Crippen LogP contribution in [0.15, 0.2) is 24.3 Å². The summed E-state index contributed by atoms with van der Waals surface area (Å²) in [5.74, 6) is 1.23. The summed E-state index contributed by atoms with van der Waals surface area (Å²) in [6, 6.07) is 7.41. The maximum atomic E-state index is 12.4. The highest BCUT2D eigenvalue weighted by atomic mass is 16.5. The van der Waals surface area contributed by atoms with Gasteiger partial charge in [0.05, 0.1) is 12.8 Å². The van der Waals surface area contributed by atoms with E-state index in [4.69, 9.17) is 4.74 Å². The van der Waals surface area contributed by atoms with E-state index < -0.39 is 0 Å². The van der Waals surface area contributed by atoms with E-state index >= 15 is 0 Å². The number of benzene rings is 1. The second-order valence-electron chi connectivity index (χ2n) is 5.38. The van der Waals surface area contributed by atoms with Gasteiger partial charge in [-0.15, -0.1) is 0 Å². The van der Waals surface area contributed by atoms with Gasteiger partial charge >= 0.3 is 6.03 Å². The van der Waals surface area contributed by atoms with E-state index in [9.17, 15) is 4.79 Å². The molecular formula is C16H25N3O2. The number of carbonyl (C=O) groups is 1. The van der Waals surface area contributed by atoms with Gasteiger partial charge in [0.1, 0.15) is 5.75 Å². The summed E-state index contributed by atoms with van der Waals surface area (Å²) in [7, 11) is 1.61. The number of hydrogen-bond acceptors (Lipinski definition) is 3. The Kier molecular flexibility index (Phi) is 5.87. The van der Waals surface area contributed by atoms with Crippen molar-refractivity contribution in [2.45, 2.75) is 19.8 Å². The number of rotatable bonds is 5. The molecule has 1 saturated heterocycles. The van der Waals surface area contributed by atoms with Crippen molar-refractivity contribution in [1.82, 2.24) is 10.2 Å². The van der Waals surface area contributed by atoms with Crippen molar-refractivity contribution in [1.29, 1.82) is 0 Å². The Labute approximate surface area is 126 Å². The number of hydrogen-bond donors (Lipinski definition) is 2. The summed E-state index contributed by atoms with van der Waals surface area (Å²) < 4.78 is 5.27. The lowest BCUT2D eigenvalue weighted by Crippen LogP contribution is -2.42. The van der Waals surface area contributed by atoms with Crippen LogP contribution >= 0.6 is 0 Å². The first-order chi connectivity index (χ1) is 10.2. The van der Waals surface area contributed by atoms with Crippen LogP contribution in [0, 0.1) is 5.92 Å². The van der Waals surface area contributed by atoms with Gasteiger partial charge in [-0.3, -0.25) is 0 Å². The number of amides is 2. The molecule has 1 atom stereocenters. The normalized spacial score (nSPS) is 18.1. The van der Waals surface area contributed by atoms with Crippen molar-refractivity contribution in [2.75, 3.05) is 38.6 Å². The summed E-state index contributed by atoms with van der Waals surface area (Å²) >= 11 is 0. The minimum atomic E-state index is -0.0624. The minimum Gasteiger partial charge on any atom is -0.495 e. The molecule has 2 rings (SSSR count). The van der Waals surface area contributed by atoms with Crippen LogP contribution in [0.1, 0.15) is 19.8 Å². The predicted octanol–water partition coefficient (Wildman–Crippen LogP) is 2.55. The highest BCUT2D eigenvalue weighted by Gasteiger charge is 2.20. The van der Waals surface area contributed by atoms with E-state index in [0.717, 1.165) is 19.6 Å². The van der Waals surface area contributed by atoms with Gasteiger partial charge in [-0.05, 0) is 50.9 Å². The second-order valence-corrected chi connectivity index (χ2v) is 5.38. The third-order valence-electron chi connectivity index (χ3n) is 3.90. The second kappa shape index (κ2) is 7.88.